The van der Waals surface area contributed by atoms with Gasteiger partial charge in [-0.1, -0.05) is 67.6 Å². The minimum atomic E-state index is -0.380. The third-order valence-corrected chi connectivity index (χ3v) is 4.27. The predicted octanol–water partition coefficient (Wildman–Crippen LogP) is 3.77. The summed E-state index contributed by atoms with van der Waals surface area (Å²) in [6, 6.07) is 19.4. The maximum Gasteiger partial charge on any atom is 0.223 e. The van der Waals surface area contributed by atoms with Gasteiger partial charge in [-0.3, -0.25) is 9.59 Å². The highest BCUT2D eigenvalue weighted by molar-refractivity contribution is 5.85. The molecular weight excluding hydrogens is 312 g/mol. The molecule has 4 nitrogen and oxygen atoms in total. The Labute approximate surface area is 149 Å². The highest BCUT2D eigenvalue weighted by Gasteiger charge is 2.20. The normalized spacial score (nSPS) is 14.2. The van der Waals surface area contributed by atoms with Gasteiger partial charge in [-0.15, -0.1) is 0 Å². The maximum atomic E-state index is 12.3. The molecule has 0 saturated heterocycles. The Morgan fingerprint density at radius 1 is 0.760 bits per heavy atom. The topological polar surface area (TPSA) is 58.2 Å². The number of carbonyl (C=O) groups is 2. The van der Waals surface area contributed by atoms with Crippen LogP contribution in [0.2, 0.25) is 0 Å². The van der Waals surface area contributed by atoms with E-state index in [9.17, 15) is 9.59 Å². The maximum absolute atomic E-state index is 12.3. The predicted molar refractivity (Wildman–Crippen MR) is 99.8 cm³/mol. The van der Waals surface area contributed by atoms with Crippen molar-refractivity contribution in [2.24, 2.45) is 5.92 Å². The minimum absolute atomic E-state index is 0.0767. The molecule has 0 aliphatic carbocycles. The summed E-state index contributed by atoms with van der Waals surface area (Å²) in [6.07, 6.45) is 0.171. The number of amides is 2. The van der Waals surface area contributed by atoms with Crippen LogP contribution in [0, 0.1) is 5.92 Å². The standard InChI is InChI=1S/C21H26N2O2/c1-15(21(25)23-17(3)19-12-8-5-9-13-19)14-20(24)22-16(2)18-10-6-4-7-11-18/h4-13,15-17H,14H2,1-3H3,(H,22,24)(H,23,25)/t15-,16-,17-/m0/s1. The highest BCUT2D eigenvalue weighted by atomic mass is 16.2. The van der Waals surface area contributed by atoms with Gasteiger partial charge in [-0.2, -0.15) is 0 Å². The summed E-state index contributed by atoms with van der Waals surface area (Å²) in [7, 11) is 0. The van der Waals surface area contributed by atoms with Crippen molar-refractivity contribution in [1.82, 2.24) is 10.6 Å². The van der Waals surface area contributed by atoms with Gasteiger partial charge in [0.2, 0.25) is 11.8 Å². The SMILES string of the molecule is C[C@H](NC(=O)C[C@H](C)C(=O)N[C@@H](C)c1ccccc1)c1ccccc1. The van der Waals surface area contributed by atoms with Crippen molar-refractivity contribution < 1.29 is 9.59 Å². The molecule has 0 fully saturated rings. The second kappa shape index (κ2) is 9.02. The minimum Gasteiger partial charge on any atom is -0.350 e. The van der Waals surface area contributed by atoms with Crippen LogP contribution < -0.4 is 10.6 Å². The highest BCUT2D eigenvalue weighted by Crippen LogP contribution is 2.15. The number of hydrogen-bond donors (Lipinski definition) is 2. The number of rotatable bonds is 7. The van der Waals surface area contributed by atoms with Crippen LogP contribution in [0.25, 0.3) is 0 Å². The second-order valence-electron chi connectivity index (χ2n) is 6.45. The zero-order valence-electron chi connectivity index (χ0n) is 15.0. The molecule has 0 radical (unpaired) electrons. The van der Waals surface area contributed by atoms with E-state index in [1.807, 2.05) is 74.5 Å². The van der Waals surface area contributed by atoms with E-state index in [0.717, 1.165) is 11.1 Å². The van der Waals surface area contributed by atoms with Crippen molar-refractivity contribution in [3.05, 3.63) is 71.8 Å². The summed E-state index contributed by atoms with van der Waals surface area (Å²) in [6.45, 7) is 5.66. The molecule has 2 N–H and O–H groups in total. The molecule has 0 saturated carbocycles. The molecule has 0 heterocycles. The Hall–Kier alpha value is -2.62. The molecule has 2 amide bonds. The molecule has 0 spiro atoms. The third-order valence-electron chi connectivity index (χ3n) is 4.27. The fourth-order valence-electron chi connectivity index (χ4n) is 2.68. The number of nitrogens with one attached hydrogen (secondary N) is 2. The van der Waals surface area contributed by atoms with Crippen LogP contribution in [0.5, 0.6) is 0 Å². The van der Waals surface area contributed by atoms with E-state index in [4.69, 9.17) is 0 Å². The van der Waals surface area contributed by atoms with Crippen LogP contribution in [-0.4, -0.2) is 11.8 Å². The van der Waals surface area contributed by atoms with Gasteiger partial charge >= 0.3 is 0 Å². The molecule has 0 aliphatic rings. The molecule has 0 bridgehead atoms. The quantitative estimate of drug-likeness (QED) is 0.807. The van der Waals surface area contributed by atoms with E-state index in [1.165, 1.54) is 0 Å². The number of hydrogen-bond acceptors (Lipinski definition) is 2. The van der Waals surface area contributed by atoms with Gasteiger partial charge < -0.3 is 10.6 Å². The third kappa shape index (κ3) is 5.75. The van der Waals surface area contributed by atoms with Crippen LogP contribution >= 0.6 is 0 Å². The largest absolute Gasteiger partial charge is 0.350 e. The molecule has 0 aromatic heterocycles. The molecule has 3 atom stereocenters. The summed E-state index contributed by atoms with van der Waals surface area (Å²) in [4.78, 5) is 24.5. The average Bonchev–Trinajstić information content (AvgIpc) is 2.62. The first-order chi connectivity index (χ1) is 12.0. The van der Waals surface area contributed by atoms with Gasteiger partial charge in [0.15, 0.2) is 0 Å². The molecule has 4 heteroatoms. The first kappa shape index (κ1) is 18.7. The van der Waals surface area contributed by atoms with Crippen LogP contribution in [-0.2, 0) is 9.59 Å². The van der Waals surface area contributed by atoms with Crippen LogP contribution in [0.1, 0.15) is 50.4 Å². The van der Waals surface area contributed by atoms with E-state index < -0.39 is 0 Å². The molecular formula is C21H26N2O2. The van der Waals surface area contributed by atoms with E-state index in [0.29, 0.717) is 0 Å². The smallest absolute Gasteiger partial charge is 0.223 e. The molecule has 132 valence electrons. The molecule has 2 aromatic rings. The first-order valence-electron chi connectivity index (χ1n) is 8.67. The van der Waals surface area contributed by atoms with Gasteiger partial charge in [-0.25, -0.2) is 0 Å². The van der Waals surface area contributed by atoms with Gasteiger partial charge in [-0.05, 0) is 25.0 Å². The fourth-order valence-corrected chi connectivity index (χ4v) is 2.68. The van der Waals surface area contributed by atoms with Crippen molar-refractivity contribution in [1.29, 1.82) is 0 Å². The zero-order chi connectivity index (χ0) is 18.2. The lowest BCUT2D eigenvalue weighted by atomic mass is 10.0. The zero-order valence-corrected chi connectivity index (χ0v) is 15.0. The van der Waals surface area contributed by atoms with Crippen molar-refractivity contribution in [2.75, 3.05) is 0 Å². The molecule has 2 aromatic carbocycles. The Bertz CT molecular complexity index is 686. The lowest BCUT2D eigenvalue weighted by Crippen LogP contribution is -2.35. The summed E-state index contributed by atoms with van der Waals surface area (Å²) < 4.78 is 0. The Morgan fingerprint density at radius 3 is 1.68 bits per heavy atom. The molecule has 0 aliphatic heterocycles. The van der Waals surface area contributed by atoms with E-state index >= 15 is 0 Å². The number of carbonyl (C=O) groups excluding carboxylic acids is 2. The van der Waals surface area contributed by atoms with Gasteiger partial charge in [0, 0.05) is 12.3 Å². The first-order valence-corrected chi connectivity index (χ1v) is 8.67. The monoisotopic (exact) mass is 338 g/mol. The Balaban J connectivity index is 1.83. The summed E-state index contributed by atoms with van der Waals surface area (Å²) >= 11 is 0. The molecule has 0 unspecified atom stereocenters. The van der Waals surface area contributed by atoms with E-state index in [-0.39, 0.29) is 36.2 Å². The van der Waals surface area contributed by atoms with Crippen LogP contribution in [0.3, 0.4) is 0 Å². The van der Waals surface area contributed by atoms with Gasteiger partial charge in [0.05, 0.1) is 12.1 Å². The van der Waals surface area contributed by atoms with E-state index in [1.54, 1.807) is 6.92 Å². The van der Waals surface area contributed by atoms with Crippen LogP contribution in [0.4, 0.5) is 0 Å². The fraction of sp³-hybridized carbons (Fsp3) is 0.333. The molecule has 2 rings (SSSR count). The second-order valence-corrected chi connectivity index (χ2v) is 6.45. The lowest BCUT2D eigenvalue weighted by molar-refractivity contribution is -0.130. The van der Waals surface area contributed by atoms with Crippen molar-refractivity contribution in [3.63, 3.8) is 0 Å². The van der Waals surface area contributed by atoms with Crippen molar-refractivity contribution in [2.45, 2.75) is 39.3 Å². The Kier molecular flexibility index (Phi) is 6.75. The number of benzene rings is 2. The summed E-state index contributed by atoms with van der Waals surface area (Å²) in [5.74, 6) is -0.612. The lowest BCUT2D eigenvalue weighted by Gasteiger charge is -2.19. The molecule has 25 heavy (non-hydrogen) atoms. The average molecular weight is 338 g/mol. The Morgan fingerprint density at radius 2 is 1.20 bits per heavy atom. The van der Waals surface area contributed by atoms with Crippen LogP contribution in [0.15, 0.2) is 60.7 Å². The summed E-state index contributed by atoms with van der Waals surface area (Å²) in [5.41, 5.74) is 2.09. The van der Waals surface area contributed by atoms with E-state index in [2.05, 4.69) is 10.6 Å². The summed E-state index contributed by atoms with van der Waals surface area (Å²) in [5, 5.41) is 5.92. The van der Waals surface area contributed by atoms with Gasteiger partial charge in [0.25, 0.3) is 0 Å². The van der Waals surface area contributed by atoms with Crippen molar-refractivity contribution >= 4 is 11.8 Å². The van der Waals surface area contributed by atoms with Gasteiger partial charge in [0.1, 0.15) is 0 Å². The van der Waals surface area contributed by atoms with Crippen molar-refractivity contribution in [3.8, 4) is 0 Å².